The van der Waals surface area contributed by atoms with Gasteiger partial charge in [-0.15, -0.1) is 0 Å². The van der Waals surface area contributed by atoms with Crippen molar-refractivity contribution in [3.05, 3.63) is 0 Å². The van der Waals surface area contributed by atoms with E-state index in [1.165, 1.54) is 4.90 Å². The van der Waals surface area contributed by atoms with Crippen LogP contribution in [0.5, 0.6) is 0 Å². The standard InChI is InChI=1S/C13H22N2O5/c1-19-6-4-13(2-3-13)9-14-12(18)15-5-7-20-10(8-15)11(16)17/h10H,2-9H2,1H3,(H,14,18)(H,16,17). The van der Waals surface area contributed by atoms with E-state index in [0.717, 1.165) is 19.3 Å². The Kier molecular flexibility index (Phi) is 4.82. The number of carbonyl (C=O) groups excluding carboxylic acids is 1. The molecule has 2 aliphatic rings. The average Bonchev–Trinajstić information content (AvgIpc) is 3.23. The molecule has 1 aliphatic carbocycles. The number of methoxy groups -OCH3 is 1. The zero-order chi connectivity index (χ0) is 14.6. The minimum absolute atomic E-state index is 0.103. The van der Waals surface area contributed by atoms with E-state index in [4.69, 9.17) is 14.6 Å². The maximum absolute atomic E-state index is 12.0. The van der Waals surface area contributed by atoms with Crippen LogP contribution in [-0.4, -0.2) is 68.1 Å². The molecule has 2 N–H and O–H groups in total. The van der Waals surface area contributed by atoms with Gasteiger partial charge in [-0.1, -0.05) is 0 Å². The number of nitrogens with one attached hydrogen (secondary N) is 1. The zero-order valence-electron chi connectivity index (χ0n) is 11.8. The number of amides is 2. The Morgan fingerprint density at radius 2 is 2.25 bits per heavy atom. The quantitative estimate of drug-likeness (QED) is 0.733. The van der Waals surface area contributed by atoms with Crippen molar-refractivity contribution in [3.63, 3.8) is 0 Å². The highest BCUT2D eigenvalue weighted by atomic mass is 16.5. The summed E-state index contributed by atoms with van der Waals surface area (Å²) in [5.74, 6) is -1.03. The molecule has 2 fully saturated rings. The predicted octanol–water partition coefficient (Wildman–Crippen LogP) is 0.298. The van der Waals surface area contributed by atoms with Crippen molar-refractivity contribution < 1.29 is 24.2 Å². The van der Waals surface area contributed by atoms with Gasteiger partial charge in [-0.3, -0.25) is 0 Å². The van der Waals surface area contributed by atoms with Gasteiger partial charge in [0.15, 0.2) is 6.10 Å². The van der Waals surface area contributed by atoms with Gasteiger partial charge in [0.2, 0.25) is 0 Å². The van der Waals surface area contributed by atoms with E-state index >= 15 is 0 Å². The Bertz CT molecular complexity index is 370. The molecule has 1 atom stereocenters. The Morgan fingerprint density at radius 3 is 2.85 bits per heavy atom. The summed E-state index contributed by atoms with van der Waals surface area (Å²) in [6.07, 6.45) is 2.25. The van der Waals surface area contributed by atoms with Crippen LogP contribution < -0.4 is 5.32 Å². The first-order valence-electron chi connectivity index (χ1n) is 6.92. The normalized spacial score (nSPS) is 24.2. The second-order valence-electron chi connectivity index (χ2n) is 5.55. The largest absolute Gasteiger partial charge is 0.479 e. The second-order valence-corrected chi connectivity index (χ2v) is 5.55. The first-order chi connectivity index (χ1) is 9.56. The Labute approximate surface area is 118 Å². The molecule has 0 aromatic heterocycles. The number of urea groups is 1. The molecule has 114 valence electrons. The lowest BCUT2D eigenvalue weighted by molar-refractivity contribution is -0.154. The van der Waals surface area contributed by atoms with Crippen LogP contribution in [0, 0.1) is 5.41 Å². The topological polar surface area (TPSA) is 88.1 Å². The number of hydrogen-bond donors (Lipinski definition) is 2. The molecule has 0 aromatic rings. The van der Waals surface area contributed by atoms with Gasteiger partial charge < -0.3 is 24.8 Å². The van der Waals surface area contributed by atoms with Crippen LogP contribution in [-0.2, 0) is 14.3 Å². The number of hydrogen-bond acceptors (Lipinski definition) is 4. The lowest BCUT2D eigenvalue weighted by atomic mass is 10.0. The van der Waals surface area contributed by atoms with Crippen molar-refractivity contribution in [2.24, 2.45) is 5.41 Å². The zero-order valence-corrected chi connectivity index (χ0v) is 11.8. The number of carboxylic acids is 1. The molecule has 7 heteroatoms. The Morgan fingerprint density at radius 1 is 1.50 bits per heavy atom. The van der Waals surface area contributed by atoms with Gasteiger partial charge in [0.25, 0.3) is 0 Å². The summed E-state index contributed by atoms with van der Waals surface area (Å²) in [5, 5.41) is 11.8. The summed E-state index contributed by atoms with van der Waals surface area (Å²) in [6, 6.07) is -0.205. The van der Waals surface area contributed by atoms with Crippen LogP contribution in [0.3, 0.4) is 0 Å². The molecule has 20 heavy (non-hydrogen) atoms. The molecule has 0 spiro atoms. The molecule has 1 saturated carbocycles. The van der Waals surface area contributed by atoms with Crippen molar-refractivity contribution in [3.8, 4) is 0 Å². The van der Waals surface area contributed by atoms with Gasteiger partial charge in [-0.2, -0.15) is 0 Å². The summed E-state index contributed by atoms with van der Waals surface area (Å²) in [5.41, 5.74) is 0.185. The smallest absolute Gasteiger partial charge is 0.334 e. The molecule has 1 heterocycles. The molecule has 0 aromatic carbocycles. The van der Waals surface area contributed by atoms with Crippen LogP contribution in [0.15, 0.2) is 0 Å². The highest BCUT2D eigenvalue weighted by Crippen LogP contribution is 2.48. The lowest BCUT2D eigenvalue weighted by Crippen LogP contribution is -2.52. The van der Waals surface area contributed by atoms with Crippen molar-refractivity contribution in [1.29, 1.82) is 0 Å². The van der Waals surface area contributed by atoms with E-state index in [1.807, 2.05) is 0 Å². The van der Waals surface area contributed by atoms with Crippen molar-refractivity contribution in [1.82, 2.24) is 10.2 Å². The number of carboxylic acid groups (broad SMARTS) is 1. The van der Waals surface area contributed by atoms with Gasteiger partial charge in [0.1, 0.15) is 0 Å². The summed E-state index contributed by atoms with van der Waals surface area (Å²) < 4.78 is 10.2. The van der Waals surface area contributed by atoms with Gasteiger partial charge in [-0.05, 0) is 24.7 Å². The fraction of sp³-hybridized carbons (Fsp3) is 0.846. The third kappa shape index (κ3) is 3.83. The summed E-state index contributed by atoms with van der Waals surface area (Å²) in [7, 11) is 1.68. The molecule has 2 rings (SSSR count). The predicted molar refractivity (Wildman–Crippen MR) is 70.5 cm³/mol. The molecule has 0 bridgehead atoms. The van der Waals surface area contributed by atoms with Crippen LogP contribution in [0.4, 0.5) is 4.79 Å². The van der Waals surface area contributed by atoms with Gasteiger partial charge >= 0.3 is 12.0 Å². The van der Waals surface area contributed by atoms with Gasteiger partial charge in [0, 0.05) is 26.8 Å². The minimum Gasteiger partial charge on any atom is -0.479 e. The van der Waals surface area contributed by atoms with Crippen molar-refractivity contribution in [2.75, 3.05) is 40.0 Å². The molecular weight excluding hydrogens is 264 g/mol. The monoisotopic (exact) mass is 286 g/mol. The number of ether oxygens (including phenoxy) is 2. The highest BCUT2D eigenvalue weighted by molar-refractivity contribution is 5.77. The maximum atomic E-state index is 12.0. The van der Waals surface area contributed by atoms with Crippen LogP contribution in [0.25, 0.3) is 0 Å². The number of nitrogens with zero attached hydrogens (tertiary/aromatic N) is 1. The fourth-order valence-corrected chi connectivity index (χ4v) is 2.37. The number of rotatable bonds is 6. The summed E-state index contributed by atoms with van der Waals surface area (Å²) >= 11 is 0. The van der Waals surface area contributed by atoms with E-state index in [0.29, 0.717) is 19.7 Å². The molecule has 1 aliphatic heterocycles. The van der Waals surface area contributed by atoms with Crippen LogP contribution >= 0.6 is 0 Å². The third-order valence-electron chi connectivity index (χ3n) is 4.04. The van der Waals surface area contributed by atoms with E-state index < -0.39 is 12.1 Å². The maximum Gasteiger partial charge on any atom is 0.334 e. The van der Waals surface area contributed by atoms with E-state index in [1.54, 1.807) is 7.11 Å². The second kappa shape index (κ2) is 6.41. The highest BCUT2D eigenvalue weighted by Gasteiger charge is 2.42. The van der Waals surface area contributed by atoms with E-state index in [2.05, 4.69) is 5.32 Å². The molecule has 7 nitrogen and oxygen atoms in total. The molecule has 1 saturated heterocycles. The molecular formula is C13H22N2O5. The van der Waals surface area contributed by atoms with Crippen LogP contribution in [0.2, 0.25) is 0 Å². The molecule has 1 unspecified atom stereocenters. The molecule has 2 amide bonds. The third-order valence-corrected chi connectivity index (χ3v) is 4.04. The average molecular weight is 286 g/mol. The first kappa shape index (κ1) is 15.1. The summed E-state index contributed by atoms with van der Waals surface area (Å²) in [4.78, 5) is 24.4. The first-order valence-corrected chi connectivity index (χ1v) is 6.92. The Hall–Kier alpha value is -1.34. The lowest BCUT2D eigenvalue weighted by Gasteiger charge is -2.31. The fourth-order valence-electron chi connectivity index (χ4n) is 2.37. The van der Waals surface area contributed by atoms with Gasteiger partial charge in [-0.25, -0.2) is 9.59 Å². The number of aliphatic carboxylic acids is 1. The van der Waals surface area contributed by atoms with Gasteiger partial charge in [0.05, 0.1) is 13.2 Å². The number of morpholine rings is 1. The van der Waals surface area contributed by atoms with Crippen molar-refractivity contribution in [2.45, 2.75) is 25.4 Å². The Balaban J connectivity index is 1.76. The van der Waals surface area contributed by atoms with E-state index in [-0.39, 0.29) is 24.6 Å². The minimum atomic E-state index is -1.03. The van der Waals surface area contributed by atoms with E-state index in [9.17, 15) is 9.59 Å². The van der Waals surface area contributed by atoms with Crippen LogP contribution in [0.1, 0.15) is 19.3 Å². The SMILES string of the molecule is COCCC1(CNC(=O)N2CCOC(C(=O)O)C2)CC1. The van der Waals surface area contributed by atoms with Crippen molar-refractivity contribution >= 4 is 12.0 Å². The summed E-state index contributed by atoms with van der Waals surface area (Å²) in [6.45, 7) is 2.13. The number of carbonyl (C=O) groups is 2. The molecule has 0 radical (unpaired) electrons.